The van der Waals surface area contributed by atoms with Crippen molar-refractivity contribution in [3.8, 4) is 17.2 Å². The lowest BCUT2D eigenvalue weighted by Crippen LogP contribution is -2.12. The first-order valence-electron chi connectivity index (χ1n) is 7.66. The zero-order valence-electron chi connectivity index (χ0n) is 13.5. The second kappa shape index (κ2) is 7.57. The Hall–Kier alpha value is -3.22. The maximum Gasteiger partial charge on any atom is 0.247 e. The monoisotopic (exact) mass is 341 g/mol. The highest BCUT2D eigenvalue weighted by molar-refractivity contribution is 5.90. The Kier molecular flexibility index (Phi) is 5.03. The number of hydrogen-bond donors (Lipinski definition) is 1. The number of carbonyl (C=O) groups excluding carboxylic acids is 1. The molecule has 1 amide bonds. The van der Waals surface area contributed by atoms with Crippen molar-refractivity contribution in [1.82, 2.24) is 10.2 Å². The fourth-order valence-electron chi connectivity index (χ4n) is 2.21. The van der Waals surface area contributed by atoms with Crippen LogP contribution in [0.1, 0.15) is 12.3 Å². The number of nitrogens with zero attached hydrogens (tertiary/aromatic N) is 2. The van der Waals surface area contributed by atoms with Crippen LogP contribution in [-0.4, -0.2) is 23.2 Å². The summed E-state index contributed by atoms with van der Waals surface area (Å²) >= 11 is 0. The first-order chi connectivity index (χ1) is 12.1. The molecule has 0 spiro atoms. The summed E-state index contributed by atoms with van der Waals surface area (Å²) in [6.45, 7) is 0. The highest BCUT2D eigenvalue weighted by Gasteiger charge is 2.11. The molecule has 128 valence electrons. The summed E-state index contributed by atoms with van der Waals surface area (Å²) in [6, 6.07) is 12.9. The molecule has 0 bridgehead atoms. The number of halogens is 1. The van der Waals surface area contributed by atoms with Gasteiger partial charge >= 0.3 is 0 Å². The highest BCUT2D eigenvalue weighted by atomic mass is 19.1. The van der Waals surface area contributed by atoms with Crippen molar-refractivity contribution >= 4 is 11.6 Å². The van der Waals surface area contributed by atoms with E-state index in [1.165, 1.54) is 12.1 Å². The Morgan fingerprint density at radius 3 is 2.76 bits per heavy atom. The molecular formula is C18H16FN3O3. The van der Waals surface area contributed by atoms with Crippen LogP contribution in [0.15, 0.2) is 52.9 Å². The van der Waals surface area contributed by atoms with Gasteiger partial charge in [-0.15, -0.1) is 10.2 Å². The summed E-state index contributed by atoms with van der Waals surface area (Å²) in [6.07, 6.45) is 0.506. The first-order valence-corrected chi connectivity index (χ1v) is 7.66. The maximum atomic E-state index is 12.9. The van der Waals surface area contributed by atoms with E-state index in [1.807, 2.05) is 0 Å². The lowest BCUT2D eigenvalue weighted by atomic mass is 10.2. The summed E-state index contributed by atoms with van der Waals surface area (Å²) in [5, 5.41) is 10.6. The molecule has 0 aliphatic carbocycles. The van der Waals surface area contributed by atoms with E-state index in [1.54, 1.807) is 43.5 Å². The van der Waals surface area contributed by atoms with Crippen LogP contribution in [0.25, 0.3) is 11.5 Å². The standard InChI is InChI=1S/C18H16FN3O3/c1-24-15-4-2-3-14(11-15)20-16(23)9-10-17-21-22-18(25-17)12-5-7-13(19)8-6-12/h2-8,11H,9-10H2,1H3,(H,20,23). The zero-order valence-corrected chi connectivity index (χ0v) is 13.5. The van der Waals surface area contributed by atoms with E-state index in [2.05, 4.69) is 15.5 Å². The number of ether oxygens (including phenoxy) is 1. The Balaban J connectivity index is 1.56. The number of rotatable bonds is 6. The Bertz CT molecular complexity index is 862. The van der Waals surface area contributed by atoms with Crippen LogP contribution >= 0.6 is 0 Å². The second-order valence-electron chi connectivity index (χ2n) is 5.29. The topological polar surface area (TPSA) is 77.2 Å². The van der Waals surface area contributed by atoms with Crippen molar-refractivity contribution < 1.29 is 18.3 Å². The summed E-state index contributed by atoms with van der Waals surface area (Å²) in [4.78, 5) is 12.0. The van der Waals surface area contributed by atoms with E-state index in [9.17, 15) is 9.18 Å². The molecule has 3 rings (SSSR count). The van der Waals surface area contributed by atoms with E-state index in [4.69, 9.17) is 9.15 Å². The average molecular weight is 341 g/mol. The fourth-order valence-corrected chi connectivity index (χ4v) is 2.21. The van der Waals surface area contributed by atoms with Crippen molar-refractivity contribution in [2.75, 3.05) is 12.4 Å². The molecule has 25 heavy (non-hydrogen) atoms. The minimum absolute atomic E-state index is 0.171. The van der Waals surface area contributed by atoms with Gasteiger partial charge in [-0.3, -0.25) is 4.79 Å². The molecule has 1 heterocycles. The van der Waals surface area contributed by atoms with Crippen molar-refractivity contribution in [2.24, 2.45) is 0 Å². The first kappa shape index (κ1) is 16.6. The average Bonchev–Trinajstić information content (AvgIpc) is 3.10. The molecule has 3 aromatic rings. The number of amides is 1. The van der Waals surface area contributed by atoms with Gasteiger partial charge in [0.1, 0.15) is 11.6 Å². The summed E-state index contributed by atoms with van der Waals surface area (Å²) in [5.41, 5.74) is 1.28. The van der Waals surface area contributed by atoms with Gasteiger partial charge < -0.3 is 14.5 Å². The molecule has 0 atom stereocenters. The van der Waals surface area contributed by atoms with Crippen molar-refractivity contribution in [3.05, 3.63) is 60.2 Å². The largest absolute Gasteiger partial charge is 0.497 e. The molecule has 6 nitrogen and oxygen atoms in total. The van der Waals surface area contributed by atoms with E-state index in [-0.39, 0.29) is 18.1 Å². The van der Waals surface area contributed by atoms with Crippen LogP contribution in [0.2, 0.25) is 0 Å². The molecule has 0 fully saturated rings. The molecule has 7 heteroatoms. The van der Waals surface area contributed by atoms with Crippen LogP contribution in [0, 0.1) is 5.82 Å². The second-order valence-corrected chi connectivity index (χ2v) is 5.29. The number of methoxy groups -OCH3 is 1. The fraction of sp³-hybridized carbons (Fsp3) is 0.167. The molecule has 0 saturated heterocycles. The van der Waals surface area contributed by atoms with Gasteiger partial charge in [-0.1, -0.05) is 6.07 Å². The van der Waals surface area contributed by atoms with Crippen molar-refractivity contribution in [1.29, 1.82) is 0 Å². The molecule has 0 radical (unpaired) electrons. The minimum Gasteiger partial charge on any atom is -0.497 e. The van der Waals surface area contributed by atoms with Gasteiger partial charge in [0.05, 0.1) is 7.11 Å². The number of anilines is 1. The normalized spacial score (nSPS) is 10.5. The molecule has 2 aromatic carbocycles. The number of hydrogen-bond acceptors (Lipinski definition) is 5. The molecule has 0 aliphatic rings. The molecule has 0 aliphatic heterocycles. The van der Waals surface area contributed by atoms with Gasteiger partial charge in [0.25, 0.3) is 0 Å². The lowest BCUT2D eigenvalue weighted by molar-refractivity contribution is -0.116. The van der Waals surface area contributed by atoms with Gasteiger partial charge in [-0.2, -0.15) is 0 Å². The lowest BCUT2D eigenvalue weighted by Gasteiger charge is -2.06. The van der Waals surface area contributed by atoms with E-state index >= 15 is 0 Å². The van der Waals surface area contributed by atoms with Crippen LogP contribution in [0.4, 0.5) is 10.1 Å². The zero-order chi connectivity index (χ0) is 17.6. The van der Waals surface area contributed by atoms with Gasteiger partial charge in [0.2, 0.25) is 17.7 Å². The Morgan fingerprint density at radius 1 is 1.20 bits per heavy atom. The molecule has 0 saturated carbocycles. The van der Waals surface area contributed by atoms with Crippen LogP contribution in [0.3, 0.4) is 0 Å². The van der Waals surface area contributed by atoms with Crippen molar-refractivity contribution in [3.63, 3.8) is 0 Å². The maximum absolute atomic E-state index is 12.9. The highest BCUT2D eigenvalue weighted by Crippen LogP contribution is 2.19. The molecular weight excluding hydrogens is 325 g/mol. The van der Waals surface area contributed by atoms with Crippen LogP contribution in [-0.2, 0) is 11.2 Å². The number of aryl methyl sites for hydroxylation is 1. The molecule has 1 N–H and O–H groups in total. The third-order valence-corrected chi connectivity index (χ3v) is 3.48. The van der Waals surface area contributed by atoms with Gasteiger partial charge in [0.15, 0.2) is 0 Å². The van der Waals surface area contributed by atoms with Crippen molar-refractivity contribution in [2.45, 2.75) is 12.8 Å². The Morgan fingerprint density at radius 2 is 2.00 bits per heavy atom. The van der Waals surface area contributed by atoms with Crippen LogP contribution < -0.4 is 10.1 Å². The number of aromatic nitrogens is 2. The third kappa shape index (κ3) is 4.41. The minimum atomic E-state index is -0.335. The van der Waals surface area contributed by atoms with Gasteiger partial charge in [-0.05, 0) is 36.4 Å². The Labute approximate surface area is 143 Å². The number of carbonyl (C=O) groups is 1. The summed E-state index contributed by atoms with van der Waals surface area (Å²) < 4.78 is 23.5. The summed E-state index contributed by atoms with van der Waals surface area (Å²) in [7, 11) is 1.56. The molecule has 1 aromatic heterocycles. The predicted octanol–water partition coefficient (Wildman–Crippen LogP) is 3.46. The van der Waals surface area contributed by atoms with E-state index in [0.29, 0.717) is 35.2 Å². The quantitative estimate of drug-likeness (QED) is 0.743. The van der Waals surface area contributed by atoms with Gasteiger partial charge in [0, 0.05) is 30.2 Å². The number of benzene rings is 2. The van der Waals surface area contributed by atoms with Crippen LogP contribution in [0.5, 0.6) is 5.75 Å². The van der Waals surface area contributed by atoms with E-state index < -0.39 is 0 Å². The third-order valence-electron chi connectivity index (χ3n) is 3.48. The predicted molar refractivity (Wildman–Crippen MR) is 89.6 cm³/mol. The SMILES string of the molecule is COc1cccc(NC(=O)CCc2nnc(-c3ccc(F)cc3)o2)c1. The molecule has 0 unspecified atom stereocenters. The van der Waals surface area contributed by atoms with E-state index in [0.717, 1.165) is 0 Å². The number of nitrogens with one attached hydrogen (secondary N) is 1. The smallest absolute Gasteiger partial charge is 0.247 e. The van der Waals surface area contributed by atoms with Gasteiger partial charge in [-0.25, -0.2) is 4.39 Å². The summed E-state index contributed by atoms with van der Waals surface area (Å²) in [5.74, 6) is 0.800.